The molecule has 2 aromatic rings. The Morgan fingerprint density at radius 3 is 3.04 bits per heavy atom. The van der Waals surface area contributed by atoms with Gasteiger partial charge in [-0.25, -0.2) is 4.79 Å². The molecule has 1 aliphatic carbocycles. The van der Waals surface area contributed by atoms with E-state index in [1.54, 1.807) is 22.7 Å². The SMILES string of the molecule is Cc1nnc2ccc(C(=O)O[C@@H]3[C@H]4CCCO[C@@H]4C3(C)C)cn12. The fourth-order valence-corrected chi connectivity index (χ4v) is 4.02. The Kier molecular flexibility index (Phi) is 3.20. The Morgan fingerprint density at radius 1 is 1.39 bits per heavy atom. The number of pyridine rings is 1. The molecule has 1 saturated heterocycles. The van der Waals surface area contributed by atoms with Gasteiger partial charge in [-0.15, -0.1) is 10.2 Å². The lowest BCUT2D eigenvalue weighted by molar-refractivity contribution is -0.243. The summed E-state index contributed by atoms with van der Waals surface area (Å²) < 4.78 is 13.5. The summed E-state index contributed by atoms with van der Waals surface area (Å²) in [5, 5.41) is 8.03. The van der Waals surface area contributed by atoms with Crippen LogP contribution < -0.4 is 0 Å². The van der Waals surface area contributed by atoms with E-state index in [1.807, 2.05) is 6.92 Å². The third kappa shape index (κ3) is 2.16. The van der Waals surface area contributed by atoms with Crippen LogP contribution in [-0.4, -0.2) is 39.4 Å². The number of carbonyl (C=O) groups excluding carboxylic acids is 1. The summed E-state index contributed by atoms with van der Waals surface area (Å²) in [5.41, 5.74) is 1.12. The largest absolute Gasteiger partial charge is 0.458 e. The highest BCUT2D eigenvalue weighted by atomic mass is 16.6. The zero-order valence-corrected chi connectivity index (χ0v) is 13.7. The van der Waals surface area contributed by atoms with Crippen molar-refractivity contribution in [1.82, 2.24) is 14.6 Å². The number of ether oxygens (including phenoxy) is 2. The number of fused-ring (bicyclic) bond motifs is 2. The Balaban J connectivity index is 1.55. The van der Waals surface area contributed by atoms with Gasteiger partial charge in [-0.3, -0.25) is 4.40 Å². The summed E-state index contributed by atoms with van der Waals surface area (Å²) in [6.07, 6.45) is 3.97. The Labute approximate surface area is 134 Å². The zero-order chi connectivity index (χ0) is 16.2. The minimum atomic E-state index is -0.290. The first-order valence-electron chi connectivity index (χ1n) is 8.12. The molecule has 0 radical (unpaired) electrons. The van der Waals surface area contributed by atoms with E-state index in [0.717, 1.165) is 30.9 Å². The molecule has 2 fully saturated rings. The molecule has 0 N–H and O–H groups in total. The number of hydrogen-bond acceptors (Lipinski definition) is 5. The topological polar surface area (TPSA) is 65.7 Å². The normalized spacial score (nSPS) is 28.9. The van der Waals surface area contributed by atoms with Gasteiger partial charge in [0.15, 0.2) is 5.65 Å². The summed E-state index contributed by atoms with van der Waals surface area (Å²) in [4.78, 5) is 12.6. The Morgan fingerprint density at radius 2 is 2.22 bits per heavy atom. The molecule has 0 aromatic carbocycles. The molecule has 0 bridgehead atoms. The van der Waals surface area contributed by atoms with Crippen LogP contribution in [0.15, 0.2) is 18.3 Å². The van der Waals surface area contributed by atoms with Crippen molar-refractivity contribution in [3.63, 3.8) is 0 Å². The standard InChI is InChI=1S/C17H21N3O3/c1-10-18-19-13-7-6-11(9-20(10)13)16(21)23-15-12-5-4-8-22-14(12)17(15,2)3/h6-7,9,12,14-15H,4-5,8H2,1-3H3/t12-,14-,15+/m0/s1. The van der Waals surface area contributed by atoms with Gasteiger partial charge < -0.3 is 9.47 Å². The minimum absolute atomic E-state index is 0.0852. The molecule has 0 spiro atoms. The van der Waals surface area contributed by atoms with E-state index >= 15 is 0 Å². The van der Waals surface area contributed by atoms with Crippen LogP contribution >= 0.6 is 0 Å². The Bertz CT molecular complexity index is 768. The monoisotopic (exact) mass is 315 g/mol. The van der Waals surface area contributed by atoms with Crippen molar-refractivity contribution >= 4 is 11.6 Å². The molecule has 4 rings (SSSR count). The van der Waals surface area contributed by atoms with Gasteiger partial charge in [0.1, 0.15) is 11.9 Å². The summed E-state index contributed by atoms with van der Waals surface area (Å²) in [7, 11) is 0. The van der Waals surface area contributed by atoms with E-state index in [4.69, 9.17) is 9.47 Å². The lowest BCUT2D eigenvalue weighted by atomic mass is 9.57. The van der Waals surface area contributed by atoms with Gasteiger partial charge in [0, 0.05) is 24.1 Å². The lowest BCUT2D eigenvalue weighted by Gasteiger charge is -2.58. The smallest absolute Gasteiger partial charge is 0.339 e. The van der Waals surface area contributed by atoms with Crippen LogP contribution in [-0.2, 0) is 9.47 Å². The van der Waals surface area contributed by atoms with Gasteiger partial charge in [-0.1, -0.05) is 13.8 Å². The third-order valence-electron chi connectivity index (χ3n) is 5.27. The molecule has 23 heavy (non-hydrogen) atoms. The van der Waals surface area contributed by atoms with E-state index in [9.17, 15) is 4.79 Å². The maximum atomic E-state index is 12.6. The van der Waals surface area contributed by atoms with Crippen molar-refractivity contribution in [3.05, 3.63) is 29.7 Å². The van der Waals surface area contributed by atoms with Crippen molar-refractivity contribution < 1.29 is 14.3 Å². The van der Waals surface area contributed by atoms with E-state index < -0.39 is 0 Å². The van der Waals surface area contributed by atoms with Crippen LogP contribution in [0.3, 0.4) is 0 Å². The number of carbonyl (C=O) groups is 1. The number of hydrogen-bond donors (Lipinski definition) is 0. The number of rotatable bonds is 2. The second-order valence-electron chi connectivity index (χ2n) is 7.14. The molecule has 1 saturated carbocycles. The van der Waals surface area contributed by atoms with Gasteiger partial charge in [0.25, 0.3) is 0 Å². The van der Waals surface area contributed by atoms with Gasteiger partial charge in [-0.05, 0) is 31.9 Å². The molecule has 2 aromatic heterocycles. The minimum Gasteiger partial charge on any atom is -0.458 e. The first kappa shape index (κ1) is 14.6. The van der Waals surface area contributed by atoms with Crippen LogP contribution in [0.4, 0.5) is 0 Å². The van der Waals surface area contributed by atoms with Crippen molar-refractivity contribution in [3.8, 4) is 0 Å². The molecule has 3 atom stereocenters. The summed E-state index contributed by atoms with van der Waals surface area (Å²) in [5.74, 6) is 0.782. The maximum Gasteiger partial charge on any atom is 0.339 e. The first-order valence-corrected chi connectivity index (χ1v) is 8.12. The molecule has 6 nitrogen and oxygen atoms in total. The van der Waals surface area contributed by atoms with Crippen LogP contribution in [0.5, 0.6) is 0 Å². The van der Waals surface area contributed by atoms with Gasteiger partial charge in [-0.2, -0.15) is 0 Å². The van der Waals surface area contributed by atoms with Crippen LogP contribution in [0.25, 0.3) is 5.65 Å². The van der Waals surface area contributed by atoms with E-state index in [-0.39, 0.29) is 23.6 Å². The van der Waals surface area contributed by atoms with Crippen molar-refractivity contribution in [1.29, 1.82) is 0 Å². The molecule has 0 amide bonds. The number of aromatic nitrogens is 3. The van der Waals surface area contributed by atoms with E-state index in [2.05, 4.69) is 24.0 Å². The van der Waals surface area contributed by atoms with E-state index in [1.165, 1.54) is 0 Å². The zero-order valence-electron chi connectivity index (χ0n) is 13.7. The molecule has 122 valence electrons. The van der Waals surface area contributed by atoms with Crippen molar-refractivity contribution in [2.45, 2.75) is 45.8 Å². The molecular formula is C17H21N3O3. The molecule has 2 aliphatic rings. The highest BCUT2D eigenvalue weighted by molar-refractivity contribution is 5.89. The highest BCUT2D eigenvalue weighted by Gasteiger charge is 2.60. The highest BCUT2D eigenvalue weighted by Crippen LogP contribution is 2.53. The predicted molar refractivity (Wildman–Crippen MR) is 83.2 cm³/mol. The Hall–Kier alpha value is -1.95. The van der Waals surface area contributed by atoms with Crippen molar-refractivity contribution in [2.24, 2.45) is 11.3 Å². The molecular weight excluding hydrogens is 294 g/mol. The molecule has 3 heterocycles. The van der Waals surface area contributed by atoms with Gasteiger partial charge in [0.2, 0.25) is 0 Å². The quantitative estimate of drug-likeness (QED) is 0.796. The number of esters is 1. The number of aryl methyl sites for hydroxylation is 1. The predicted octanol–water partition coefficient (Wildman–Crippen LogP) is 2.40. The fraction of sp³-hybridized carbons (Fsp3) is 0.588. The first-order chi connectivity index (χ1) is 11.0. The van der Waals surface area contributed by atoms with Crippen molar-refractivity contribution in [2.75, 3.05) is 6.61 Å². The van der Waals surface area contributed by atoms with E-state index in [0.29, 0.717) is 11.5 Å². The molecule has 1 aliphatic heterocycles. The van der Waals surface area contributed by atoms with Gasteiger partial charge >= 0.3 is 5.97 Å². The average molecular weight is 315 g/mol. The summed E-state index contributed by atoms with van der Waals surface area (Å²) in [6, 6.07) is 3.53. The number of nitrogens with zero attached hydrogens (tertiary/aromatic N) is 3. The molecule has 0 unspecified atom stereocenters. The molecule has 6 heteroatoms. The summed E-state index contributed by atoms with van der Waals surface area (Å²) in [6.45, 7) is 6.90. The maximum absolute atomic E-state index is 12.6. The third-order valence-corrected chi connectivity index (χ3v) is 5.27. The van der Waals surface area contributed by atoms with Crippen LogP contribution in [0.2, 0.25) is 0 Å². The fourth-order valence-electron chi connectivity index (χ4n) is 4.02. The second kappa shape index (κ2) is 5.03. The summed E-state index contributed by atoms with van der Waals surface area (Å²) >= 11 is 0. The average Bonchev–Trinajstić information content (AvgIpc) is 2.93. The van der Waals surface area contributed by atoms with Gasteiger partial charge in [0.05, 0.1) is 11.7 Å². The van der Waals surface area contributed by atoms with Crippen LogP contribution in [0.1, 0.15) is 42.9 Å². The lowest BCUT2D eigenvalue weighted by Crippen LogP contribution is -2.65. The second-order valence-corrected chi connectivity index (χ2v) is 7.14. The van der Waals surface area contributed by atoms with Crippen LogP contribution in [0, 0.1) is 18.3 Å².